The van der Waals surface area contributed by atoms with Crippen LogP contribution in [0.4, 0.5) is 9.59 Å². The van der Waals surface area contributed by atoms with Crippen molar-refractivity contribution in [3.05, 3.63) is 34.3 Å². The molecule has 6 nitrogen and oxygen atoms in total. The zero-order valence-corrected chi connectivity index (χ0v) is 17.7. The van der Waals surface area contributed by atoms with E-state index in [4.69, 9.17) is 21.1 Å². The van der Waals surface area contributed by atoms with Crippen LogP contribution in [0, 0.1) is 0 Å². The van der Waals surface area contributed by atoms with E-state index in [1.165, 1.54) is 0 Å². The fraction of sp³-hybridized carbons (Fsp3) is 0.550. The van der Waals surface area contributed by atoms with E-state index >= 15 is 0 Å². The van der Waals surface area contributed by atoms with Crippen LogP contribution in [0.1, 0.15) is 76.9 Å². The highest BCUT2D eigenvalue weighted by Crippen LogP contribution is 2.31. The minimum absolute atomic E-state index is 0.336. The molecule has 150 valence electrons. The first-order valence-corrected chi connectivity index (χ1v) is 9.16. The van der Waals surface area contributed by atoms with Gasteiger partial charge in [-0.1, -0.05) is 18.5 Å². The van der Waals surface area contributed by atoms with Crippen molar-refractivity contribution in [3.63, 3.8) is 0 Å². The average molecular weight is 398 g/mol. The molecular formula is C20H28ClNO5. The molecule has 0 aliphatic rings. The van der Waals surface area contributed by atoms with E-state index in [0.717, 1.165) is 4.90 Å². The summed E-state index contributed by atoms with van der Waals surface area (Å²) in [4.78, 5) is 38.0. The number of carbonyl (C=O) groups is 3. The summed E-state index contributed by atoms with van der Waals surface area (Å²) in [5, 5.41) is 0.391. The van der Waals surface area contributed by atoms with Crippen LogP contribution >= 0.6 is 11.6 Å². The van der Waals surface area contributed by atoms with Crippen LogP contribution in [-0.2, 0) is 9.47 Å². The molecule has 0 saturated heterocycles. The predicted octanol–water partition coefficient (Wildman–Crippen LogP) is 5.78. The summed E-state index contributed by atoms with van der Waals surface area (Å²) in [7, 11) is 0. The highest BCUT2D eigenvalue weighted by molar-refractivity contribution is 6.30. The van der Waals surface area contributed by atoms with Crippen molar-refractivity contribution >= 4 is 30.1 Å². The van der Waals surface area contributed by atoms with Gasteiger partial charge >= 0.3 is 12.2 Å². The Hall–Kier alpha value is -2.08. The fourth-order valence-corrected chi connectivity index (χ4v) is 2.61. The molecule has 0 saturated carbocycles. The number of nitrogens with zero attached hydrogens (tertiary/aromatic N) is 1. The highest BCUT2D eigenvalue weighted by Gasteiger charge is 2.37. The van der Waals surface area contributed by atoms with Crippen LogP contribution in [0.3, 0.4) is 0 Å². The third-order valence-electron chi connectivity index (χ3n) is 3.41. The third-order valence-corrected chi connectivity index (χ3v) is 3.65. The number of amides is 2. The van der Waals surface area contributed by atoms with Gasteiger partial charge in [0.25, 0.3) is 0 Å². The van der Waals surface area contributed by atoms with Crippen molar-refractivity contribution in [2.24, 2.45) is 0 Å². The van der Waals surface area contributed by atoms with E-state index in [-0.39, 0.29) is 0 Å². The molecule has 1 aromatic carbocycles. The van der Waals surface area contributed by atoms with Gasteiger partial charge in [0.2, 0.25) is 0 Å². The summed E-state index contributed by atoms with van der Waals surface area (Å²) in [6.45, 7) is 12.0. The molecule has 1 aromatic rings. The molecule has 0 aliphatic carbocycles. The van der Waals surface area contributed by atoms with Crippen LogP contribution in [0.15, 0.2) is 18.2 Å². The Morgan fingerprint density at radius 3 is 1.93 bits per heavy atom. The van der Waals surface area contributed by atoms with Crippen molar-refractivity contribution in [3.8, 4) is 0 Å². The number of halogens is 1. The van der Waals surface area contributed by atoms with Gasteiger partial charge in [0.15, 0.2) is 0 Å². The van der Waals surface area contributed by atoms with Gasteiger partial charge in [-0.15, -0.1) is 0 Å². The lowest BCUT2D eigenvalue weighted by Gasteiger charge is -2.33. The molecule has 2 amide bonds. The quantitative estimate of drug-likeness (QED) is 0.602. The fourth-order valence-electron chi connectivity index (χ4n) is 2.43. The Morgan fingerprint density at radius 2 is 1.56 bits per heavy atom. The van der Waals surface area contributed by atoms with Gasteiger partial charge in [-0.05, 0) is 71.7 Å². The Morgan fingerprint density at radius 1 is 1.07 bits per heavy atom. The van der Waals surface area contributed by atoms with Gasteiger partial charge in [0, 0.05) is 10.6 Å². The first-order valence-electron chi connectivity index (χ1n) is 8.79. The lowest BCUT2D eigenvalue weighted by atomic mass is 9.98. The monoisotopic (exact) mass is 397 g/mol. The van der Waals surface area contributed by atoms with Gasteiger partial charge in [0.05, 0.1) is 6.04 Å². The smallest absolute Gasteiger partial charge is 0.420 e. The average Bonchev–Trinajstić information content (AvgIpc) is 2.48. The van der Waals surface area contributed by atoms with E-state index in [0.29, 0.717) is 28.9 Å². The van der Waals surface area contributed by atoms with E-state index in [1.54, 1.807) is 66.7 Å². The maximum atomic E-state index is 12.8. The highest BCUT2D eigenvalue weighted by atomic mass is 35.5. The minimum atomic E-state index is -0.847. The van der Waals surface area contributed by atoms with E-state index in [1.807, 2.05) is 0 Å². The van der Waals surface area contributed by atoms with Gasteiger partial charge < -0.3 is 9.47 Å². The molecule has 1 rings (SSSR count). The van der Waals surface area contributed by atoms with Crippen molar-refractivity contribution < 1.29 is 23.9 Å². The number of hydrogen-bond acceptors (Lipinski definition) is 5. The molecule has 1 atom stereocenters. The lowest BCUT2D eigenvalue weighted by Crippen LogP contribution is -2.45. The molecule has 0 radical (unpaired) electrons. The van der Waals surface area contributed by atoms with E-state index in [9.17, 15) is 14.4 Å². The van der Waals surface area contributed by atoms with Crippen LogP contribution in [0.2, 0.25) is 5.02 Å². The summed E-state index contributed by atoms with van der Waals surface area (Å²) < 4.78 is 10.8. The Kier molecular flexibility index (Phi) is 7.43. The Bertz CT molecular complexity index is 675. The molecule has 1 unspecified atom stereocenters. The second kappa shape index (κ2) is 8.74. The van der Waals surface area contributed by atoms with Crippen LogP contribution < -0.4 is 0 Å². The normalized spacial score (nSPS) is 12.9. The topological polar surface area (TPSA) is 72.9 Å². The molecule has 7 heteroatoms. The first kappa shape index (κ1) is 23.0. The van der Waals surface area contributed by atoms with Crippen LogP contribution in [0.5, 0.6) is 0 Å². The van der Waals surface area contributed by atoms with Gasteiger partial charge in [0.1, 0.15) is 17.5 Å². The number of ether oxygens (including phenoxy) is 2. The van der Waals surface area contributed by atoms with E-state index < -0.39 is 29.4 Å². The summed E-state index contributed by atoms with van der Waals surface area (Å²) in [5.74, 6) is 0. The number of benzene rings is 1. The third kappa shape index (κ3) is 6.86. The number of carbonyl (C=O) groups excluding carboxylic acids is 3. The molecule has 0 fully saturated rings. The maximum Gasteiger partial charge on any atom is 0.420 e. The zero-order valence-electron chi connectivity index (χ0n) is 17.0. The molecule has 0 spiro atoms. The molecule has 0 heterocycles. The SMILES string of the molecule is CCC(c1cc(Cl)ccc1C=O)N(C(=O)OC(C)(C)C)C(=O)OC(C)(C)C. The Labute approximate surface area is 165 Å². The van der Waals surface area contributed by atoms with Crippen molar-refractivity contribution in [2.75, 3.05) is 0 Å². The number of rotatable bonds is 4. The molecule has 0 aliphatic heterocycles. The maximum absolute atomic E-state index is 12.8. The van der Waals surface area contributed by atoms with Gasteiger partial charge in [-0.2, -0.15) is 0 Å². The van der Waals surface area contributed by atoms with Crippen LogP contribution in [0.25, 0.3) is 0 Å². The minimum Gasteiger partial charge on any atom is -0.443 e. The first-order chi connectivity index (χ1) is 12.3. The zero-order chi connectivity index (χ0) is 21.0. The second-order valence-corrected chi connectivity index (χ2v) is 8.58. The van der Waals surface area contributed by atoms with Crippen molar-refractivity contribution in [2.45, 2.75) is 72.1 Å². The molecule has 27 heavy (non-hydrogen) atoms. The number of hydrogen-bond donors (Lipinski definition) is 0. The second-order valence-electron chi connectivity index (χ2n) is 8.15. The number of aldehydes is 1. The largest absolute Gasteiger partial charge is 0.443 e. The molecule has 0 bridgehead atoms. The van der Waals surface area contributed by atoms with Crippen molar-refractivity contribution in [1.82, 2.24) is 4.90 Å². The summed E-state index contributed by atoms with van der Waals surface area (Å²) >= 11 is 6.08. The molecular weight excluding hydrogens is 370 g/mol. The molecule has 0 aromatic heterocycles. The molecule has 0 N–H and O–H groups in total. The summed E-state index contributed by atoms with van der Waals surface area (Å²) in [6, 6.07) is 3.93. The summed E-state index contributed by atoms with van der Waals surface area (Å²) in [6.07, 6.45) is -0.683. The van der Waals surface area contributed by atoms with Gasteiger partial charge in [-0.3, -0.25) is 4.79 Å². The van der Waals surface area contributed by atoms with Crippen LogP contribution in [-0.4, -0.2) is 34.6 Å². The standard InChI is InChI=1S/C20H28ClNO5/c1-8-16(15-11-14(21)10-9-13(15)12-23)22(17(24)26-19(2,3)4)18(25)27-20(5,6)7/h9-12,16H,8H2,1-7H3. The Balaban J connectivity index is 3.46. The predicted molar refractivity (Wildman–Crippen MR) is 104 cm³/mol. The number of imide groups is 1. The van der Waals surface area contributed by atoms with E-state index in [2.05, 4.69) is 0 Å². The summed E-state index contributed by atoms with van der Waals surface area (Å²) in [5.41, 5.74) is -0.824. The lowest BCUT2D eigenvalue weighted by molar-refractivity contribution is -0.00814. The van der Waals surface area contributed by atoms with Crippen molar-refractivity contribution in [1.29, 1.82) is 0 Å². The van der Waals surface area contributed by atoms with Gasteiger partial charge in [-0.25, -0.2) is 14.5 Å².